The topological polar surface area (TPSA) is 86.3 Å². The van der Waals surface area contributed by atoms with Crippen molar-refractivity contribution in [1.82, 2.24) is 19.4 Å². The second-order valence-corrected chi connectivity index (χ2v) is 8.23. The van der Waals surface area contributed by atoms with Crippen molar-refractivity contribution in [2.75, 3.05) is 18.8 Å². The normalized spacial score (nSPS) is 18.8. The van der Waals surface area contributed by atoms with E-state index in [4.69, 9.17) is 10.5 Å². The van der Waals surface area contributed by atoms with E-state index >= 15 is 0 Å². The molecule has 1 atom stereocenters. The maximum Gasteiger partial charge on any atom is 0.410 e. The minimum Gasteiger partial charge on any atom is -0.444 e. The quantitative estimate of drug-likeness (QED) is 0.685. The molecule has 2 aromatic heterocycles. The molecule has 0 aromatic carbocycles. The molecule has 130 valence electrons. The molecule has 0 bridgehead atoms. The molecular formula is C16H22IN5O2. The number of fused-ring (bicyclic) bond motifs is 1. The average molecular weight is 443 g/mol. The molecule has 0 aliphatic carbocycles. The zero-order chi connectivity index (χ0) is 17.5. The van der Waals surface area contributed by atoms with Gasteiger partial charge < -0.3 is 19.9 Å². The van der Waals surface area contributed by atoms with E-state index in [0.717, 1.165) is 34.0 Å². The van der Waals surface area contributed by atoms with Crippen molar-refractivity contribution in [3.05, 3.63) is 16.1 Å². The number of aromatic nitrogens is 3. The van der Waals surface area contributed by atoms with Crippen LogP contribution in [0, 0.1) is 3.57 Å². The minimum atomic E-state index is -0.485. The monoisotopic (exact) mass is 443 g/mol. The molecule has 3 heterocycles. The molecule has 1 aliphatic heterocycles. The van der Waals surface area contributed by atoms with Crippen LogP contribution in [0.25, 0.3) is 11.0 Å². The highest BCUT2D eigenvalue weighted by molar-refractivity contribution is 14.1. The van der Waals surface area contributed by atoms with E-state index in [9.17, 15) is 4.79 Å². The van der Waals surface area contributed by atoms with Crippen LogP contribution in [-0.4, -0.2) is 44.2 Å². The first kappa shape index (κ1) is 17.2. The third-order valence-corrected chi connectivity index (χ3v) is 4.85. The van der Waals surface area contributed by atoms with Crippen molar-refractivity contribution in [3.8, 4) is 0 Å². The van der Waals surface area contributed by atoms with Crippen LogP contribution in [0.15, 0.2) is 12.5 Å². The predicted octanol–water partition coefficient (Wildman–Crippen LogP) is 3.19. The molecule has 1 amide bonds. The van der Waals surface area contributed by atoms with Gasteiger partial charge in [-0.1, -0.05) is 0 Å². The van der Waals surface area contributed by atoms with E-state index in [2.05, 4.69) is 37.1 Å². The molecule has 0 spiro atoms. The van der Waals surface area contributed by atoms with Crippen LogP contribution < -0.4 is 5.73 Å². The van der Waals surface area contributed by atoms with Crippen LogP contribution in [0.4, 0.5) is 10.6 Å². The van der Waals surface area contributed by atoms with Gasteiger partial charge in [-0.3, -0.25) is 0 Å². The summed E-state index contributed by atoms with van der Waals surface area (Å²) in [6, 6.07) is 0.159. The number of amides is 1. The lowest BCUT2D eigenvalue weighted by Crippen LogP contribution is -2.43. The molecule has 0 saturated carbocycles. The van der Waals surface area contributed by atoms with Crippen LogP contribution in [0.2, 0.25) is 0 Å². The average Bonchev–Trinajstić information content (AvgIpc) is 2.84. The van der Waals surface area contributed by atoms with E-state index in [-0.39, 0.29) is 12.1 Å². The molecule has 8 heteroatoms. The van der Waals surface area contributed by atoms with Crippen molar-refractivity contribution >= 4 is 45.5 Å². The summed E-state index contributed by atoms with van der Waals surface area (Å²) in [7, 11) is 0. The van der Waals surface area contributed by atoms with E-state index in [1.165, 1.54) is 6.33 Å². The van der Waals surface area contributed by atoms with Crippen LogP contribution in [0.5, 0.6) is 0 Å². The Morgan fingerprint density at radius 1 is 1.42 bits per heavy atom. The fraction of sp³-hybridized carbons (Fsp3) is 0.562. The van der Waals surface area contributed by atoms with Gasteiger partial charge in [-0.15, -0.1) is 0 Å². The molecule has 1 saturated heterocycles. The molecule has 1 aliphatic rings. The first-order valence-corrected chi connectivity index (χ1v) is 9.08. The summed E-state index contributed by atoms with van der Waals surface area (Å²) >= 11 is 2.25. The number of halogens is 1. The SMILES string of the molecule is CC(C)(C)OC(=O)N1CCCC(n2cc(I)c3c(N)ncnc32)C1. The van der Waals surface area contributed by atoms with E-state index < -0.39 is 5.60 Å². The molecule has 2 N–H and O–H groups in total. The Hall–Kier alpha value is -1.58. The molecule has 2 aromatic rings. The lowest BCUT2D eigenvalue weighted by molar-refractivity contribution is 0.0174. The highest BCUT2D eigenvalue weighted by Gasteiger charge is 2.29. The molecule has 1 fully saturated rings. The fourth-order valence-corrected chi connectivity index (χ4v) is 3.83. The Bertz CT molecular complexity index is 768. The van der Waals surface area contributed by atoms with Gasteiger partial charge in [0.25, 0.3) is 0 Å². The van der Waals surface area contributed by atoms with Gasteiger partial charge in [0.1, 0.15) is 23.4 Å². The highest BCUT2D eigenvalue weighted by atomic mass is 127. The number of piperidine rings is 1. The second-order valence-electron chi connectivity index (χ2n) is 7.06. The minimum absolute atomic E-state index is 0.159. The lowest BCUT2D eigenvalue weighted by Gasteiger charge is -2.34. The van der Waals surface area contributed by atoms with Gasteiger partial charge in [-0.2, -0.15) is 0 Å². The lowest BCUT2D eigenvalue weighted by atomic mass is 10.1. The summed E-state index contributed by atoms with van der Waals surface area (Å²) in [6.07, 6.45) is 5.19. The summed E-state index contributed by atoms with van der Waals surface area (Å²) in [5, 5.41) is 0.882. The number of hydrogen-bond acceptors (Lipinski definition) is 5. The number of rotatable bonds is 1. The van der Waals surface area contributed by atoms with E-state index in [1.807, 2.05) is 27.0 Å². The maximum atomic E-state index is 12.4. The fourth-order valence-electron chi connectivity index (χ4n) is 3.01. The van der Waals surface area contributed by atoms with Crippen LogP contribution in [0.3, 0.4) is 0 Å². The zero-order valence-corrected chi connectivity index (χ0v) is 16.3. The van der Waals surface area contributed by atoms with Gasteiger partial charge in [-0.25, -0.2) is 14.8 Å². The van der Waals surface area contributed by atoms with Gasteiger partial charge in [0.05, 0.1) is 11.4 Å². The third-order valence-electron chi connectivity index (χ3n) is 4.03. The number of nitrogens with two attached hydrogens (primary N) is 1. The number of carbonyl (C=O) groups excluding carboxylic acids is 1. The smallest absolute Gasteiger partial charge is 0.410 e. The summed E-state index contributed by atoms with van der Waals surface area (Å²) in [5.74, 6) is 0.489. The van der Waals surface area contributed by atoms with Gasteiger partial charge in [0, 0.05) is 22.9 Å². The summed E-state index contributed by atoms with van der Waals surface area (Å²) in [6.45, 7) is 6.98. The molecule has 24 heavy (non-hydrogen) atoms. The van der Waals surface area contributed by atoms with Crippen molar-refractivity contribution < 1.29 is 9.53 Å². The van der Waals surface area contributed by atoms with Crippen molar-refractivity contribution in [2.45, 2.75) is 45.3 Å². The Kier molecular flexibility index (Phi) is 4.58. The number of nitrogen functional groups attached to an aromatic ring is 1. The van der Waals surface area contributed by atoms with Gasteiger partial charge in [0.2, 0.25) is 0 Å². The van der Waals surface area contributed by atoms with Crippen LogP contribution in [0.1, 0.15) is 39.7 Å². The van der Waals surface area contributed by atoms with Gasteiger partial charge >= 0.3 is 6.09 Å². The third kappa shape index (κ3) is 3.42. The Morgan fingerprint density at radius 2 is 2.17 bits per heavy atom. The summed E-state index contributed by atoms with van der Waals surface area (Å²) < 4.78 is 8.64. The molecule has 7 nitrogen and oxygen atoms in total. The Labute approximate surface area is 154 Å². The van der Waals surface area contributed by atoms with Crippen LogP contribution >= 0.6 is 22.6 Å². The first-order valence-electron chi connectivity index (χ1n) is 8.00. The number of likely N-dealkylation sites (tertiary alicyclic amines) is 1. The van der Waals surface area contributed by atoms with Crippen molar-refractivity contribution in [2.24, 2.45) is 0 Å². The molecule has 3 rings (SSSR count). The maximum absolute atomic E-state index is 12.4. The van der Waals surface area contributed by atoms with Crippen molar-refractivity contribution in [1.29, 1.82) is 0 Å². The number of ether oxygens (including phenoxy) is 1. The molecular weight excluding hydrogens is 421 g/mol. The largest absolute Gasteiger partial charge is 0.444 e. The zero-order valence-electron chi connectivity index (χ0n) is 14.1. The standard InChI is InChI=1S/C16H22IN5O2/c1-16(2,3)24-15(23)21-6-4-5-10(7-21)22-8-11(17)12-13(18)19-9-20-14(12)22/h8-10H,4-7H2,1-3H3,(H2,18,19,20). The first-order chi connectivity index (χ1) is 11.3. The van der Waals surface area contributed by atoms with E-state index in [0.29, 0.717) is 12.4 Å². The van der Waals surface area contributed by atoms with Gasteiger partial charge in [-0.05, 0) is 56.2 Å². The van der Waals surface area contributed by atoms with Crippen LogP contribution in [-0.2, 0) is 4.74 Å². The highest BCUT2D eigenvalue weighted by Crippen LogP contribution is 2.31. The number of nitrogens with zero attached hydrogens (tertiary/aromatic N) is 4. The summed E-state index contributed by atoms with van der Waals surface area (Å²) in [4.78, 5) is 22.6. The predicted molar refractivity (Wildman–Crippen MR) is 101 cm³/mol. The number of anilines is 1. The molecule has 1 unspecified atom stereocenters. The second kappa shape index (κ2) is 6.38. The number of carbonyl (C=O) groups is 1. The number of hydrogen-bond donors (Lipinski definition) is 1. The van der Waals surface area contributed by atoms with Gasteiger partial charge in [0.15, 0.2) is 0 Å². The Balaban J connectivity index is 1.86. The van der Waals surface area contributed by atoms with Crippen molar-refractivity contribution in [3.63, 3.8) is 0 Å². The Morgan fingerprint density at radius 3 is 2.88 bits per heavy atom. The molecule has 0 radical (unpaired) electrons. The van der Waals surface area contributed by atoms with E-state index in [1.54, 1.807) is 4.90 Å². The summed E-state index contributed by atoms with van der Waals surface area (Å²) in [5.41, 5.74) is 6.33.